The van der Waals surface area contributed by atoms with Crippen LogP contribution < -0.4 is 5.73 Å². The van der Waals surface area contributed by atoms with Gasteiger partial charge in [0.15, 0.2) is 5.78 Å². The average molecular weight is 215 g/mol. The van der Waals surface area contributed by atoms with Crippen LogP contribution in [0.2, 0.25) is 0 Å². The molecular weight excluding hydrogens is 198 g/mol. The van der Waals surface area contributed by atoms with Crippen molar-refractivity contribution < 1.29 is 4.79 Å². The van der Waals surface area contributed by atoms with E-state index in [0.717, 1.165) is 12.8 Å². The minimum atomic E-state index is -0.581. The molecule has 0 amide bonds. The van der Waals surface area contributed by atoms with Crippen molar-refractivity contribution in [3.8, 4) is 12.3 Å². The Balaban J connectivity index is 2.74. The van der Waals surface area contributed by atoms with Gasteiger partial charge in [-0.3, -0.25) is 4.79 Å². The molecule has 0 saturated carbocycles. The summed E-state index contributed by atoms with van der Waals surface area (Å²) in [6.07, 6.45) is 7.55. The highest BCUT2D eigenvalue weighted by atomic mass is 16.1. The molecule has 2 nitrogen and oxygen atoms in total. The van der Waals surface area contributed by atoms with E-state index in [2.05, 4.69) is 12.8 Å². The van der Waals surface area contributed by atoms with Gasteiger partial charge in [-0.05, 0) is 12.0 Å². The molecule has 0 fully saturated rings. The lowest BCUT2D eigenvalue weighted by atomic mass is 10.0. The van der Waals surface area contributed by atoms with Crippen LogP contribution in [-0.2, 0) is 6.42 Å². The van der Waals surface area contributed by atoms with Crippen molar-refractivity contribution in [3.05, 3.63) is 35.4 Å². The first kappa shape index (κ1) is 12.5. The zero-order chi connectivity index (χ0) is 12.0. The highest BCUT2D eigenvalue weighted by molar-refractivity contribution is 6.00. The van der Waals surface area contributed by atoms with E-state index in [1.165, 1.54) is 5.56 Å². The molecule has 0 spiro atoms. The number of terminal acetylenes is 1. The van der Waals surface area contributed by atoms with Crippen LogP contribution in [0.1, 0.15) is 35.7 Å². The van der Waals surface area contributed by atoms with Gasteiger partial charge in [0.05, 0.1) is 6.04 Å². The Morgan fingerprint density at radius 2 is 2.06 bits per heavy atom. The Labute approximate surface area is 96.9 Å². The highest BCUT2D eigenvalue weighted by Crippen LogP contribution is 2.09. The van der Waals surface area contributed by atoms with Crippen molar-refractivity contribution in [2.24, 2.45) is 5.73 Å². The standard InChI is InChI=1S/C14H17NO/c1-3-5-11-7-9-12(10-8-11)14(16)13(15)6-4-2/h2,7-10,13H,3,5-6,15H2,1H3. The summed E-state index contributed by atoms with van der Waals surface area (Å²) in [6, 6.07) is 7.01. The van der Waals surface area contributed by atoms with Gasteiger partial charge in [0.1, 0.15) is 0 Å². The average Bonchev–Trinajstić information content (AvgIpc) is 2.30. The molecule has 0 aliphatic rings. The number of rotatable bonds is 5. The Morgan fingerprint density at radius 3 is 2.56 bits per heavy atom. The van der Waals surface area contributed by atoms with Gasteiger partial charge in [-0.15, -0.1) is 12.3 Å². The Bertz CT molecular complexity index is 386. The predicted octanol–water partition coefficient (Wildman–Crippen LogP) is 2.17. The maximum atomic E-state index is 11.8. The van der Waals surface area contributed by atoms with E-state index in [-0.39, 0.29) is 12.2 Å². The van der Waals surface area contributed by atoms with E-state index in [1.807, 2.05) is 24.3 Å². The highest BCUT2D eigenvalue weighted by Gasteiger charge is 2.13. The number of Topliss-reactive ketones (excluding diaryl/α,β-unsaturated/α-hetero) is 1. The van der Waals surface area contributed by atoms with Gasteiger partial charge in [0.25, 0.3) is 0 Å². The van der Waals surface area contributed by atoms with Crippen molar-refractivity contribution in [2.45, 2.75) is 32.2 Å². The molecule has 1 unspecified atom stereocenters. The lowest BCUT2D eigenvalue weighted by Gasteiger charge is -2.07. The van der Waals surface area contributed by atoms with E-state index >= 15 is 0 Å². The zero-order valence-electron chi connectivity index (χ0n) is 9.57. The molecule has 1 aromatic carbocycles. The first-order valence-electron chi connectivity index (χ1n) is 5.51. The molecule has 0 heterocycles. The van der Waals surface area contributed by atoms with Crippen LogP contribution in [0.5, 0.6) is 0 Å². The fourth-order valence-electron chi connectivity index (χ4n) is 1.56. The maximum absolute atomic E-state index is 11.8. The second-order valence-electron chi connectivity index (χ2n) is 3.83. The van der Waals surface area contributed by atoms with Crippen LogP contribution in [0.15, 0.2) is 24.3 Å². The van der Waals surface area contributed by atoms with Gasteiger partial charge in [0, 0.05) is 12.0 Å². The first-order chi connectivity index (χ1) is 7.69. The Kier molecular flexibility index (Phi) is 4.75. The number of benzene rings is 1. The third kappa shape index (κ3) is 3.22. The zero-order valence-corrected chi connectivity index (χ0v) is 9.57. The molecule has 1 aromatic rings. The monoisotopic (exact) mass is 215 g/mol. The normalized spacial score (nSPS) is 11.8. The van der Waals surface area contributed by atoms with Crippen LogP contribution in [0.25, 0.3) is 0 Å². The van der Waals surface area contributed by atoms with Crippen molar-refractivity contribution in [2.75, 3.05) is 0 Å². The van der Waals surface area contributed by atoms with E-state index in [0.29, 0.717) is 5.56 Å². The largest absolute Gasteiger partial charge is 0.320 e. The van der Waals surface area contributed by atoms with Crippen LogP contribution in [0.4, 0.5) is 0 Å². The van der Waals surface area contributed by atoms with Gasteiger partial charge >= 0.3 is 0 Å². The second-order valence-corrected chi connectivity index (χ2v) is 3.83. The first-order valence-corrected chi connectivity index (χ1v) is 5.51. The molecular formula is C14H17NO. The molecule has 2 heteroatoms. The molecule has 0 bridgehead atoms. The summed E-state index contributed by atoms with van der Waals surface area (Å²) < 4.78 is 0. The fourth-order valence-corrected chi connectivity index (χ4v) is 1.56. The summed E-state index contributed by atoms with van der Waals surface area (Å²) in [6.45, 7) is 2.13. The van der Waals surface area contributed by atoms with Crippen LogP contribution >= 0.6 is 0 Å². The van der Waals surface area contributed by atoms with Gasteiger partial charge < -0.3 is 5.73 Å². The second kappa shape index (κ2) is 6.09. The van der Waals surface area contributed by atoms with Crippen LogP contribution in [0, 0.1) is 12.3 Å². The number of carbonyl (C=O) groups excluding carboxylic acids is 1. The van der Waals surface area contributed by atoms with Crippen molar-refractivity contribution in [1.82, 2.24) is 0 Å². The fraction of sp³-hybridized carbons (Fsp3) is 0.357. The van der Waals surface area contributed by atoms with Gasteiger partial charge in [0.2, 0.25) is 0 Å². The lowest BCUT2D eigenvalue weighted by molar-refractivity contribution is 0.0963. The molecule has 16 heavy (non-hydrogen) atoms. The van der Waals surface area contributed by atoms with Gasteiger partial charge in [-0.2, -0.15) is 0 Å². The summed E-state index contributed by atoms with van der Waals surface area (Å²) >= 11 is 0. The summed E-state index contributed by atoms with van der Waals surface area (Å²) in [5.74, 6) is 2.32. The number of hydrogen-bond donors (Lipinski definition) is 1. The van der Waals surface area contributed by atoms with E-state index in [9.17, 15) is 4.79 Å². The van der Waals surface area contributed by atoms with E-state index in [1.54, 1.807) is 0 Å². The summed E-state index contributed by atoms with van der Waals surface area (Å²) in [7, 11) is 0. The number of hydrogen-bond acceptors (Lipinski definition) is 2. The summed E-state index contributed by atoms with van der Waals surface area (Å²) in [5, 5.41) is 0. The van der Waals surface area contributed by atoms with Crippen molar-refractivity contribution in [1.29, 1.82) is 0 Å². The minimum absolute atomic E-state index is 0.0824. The number of carbonyl (C=O) groups is 1. The Hall–Kier alpha value is -1.59. The minimum Gasteiger partial charge on any atom is -0.320 e. The summed E-state index contributed by atoms with van der Waals surface area (Å²) in [5.41, 5.74) is 7.55. The van der Waals surface area contributed by atoms with Crippen LogP contribution in [0.3, 0.4) is 0 Å². The summed E-state index contributed by atoms with van der Waals surface area (Å²) in [4.78, 5) is 11.8. The van der Waals surface area contributed by atoms with Gasteiger partial charge in [-0.25, -0.2) is 0 Å². The molecule has 1 rings (SSSR count). The number of ketones is 1. The predicted molar refractivity (Wildman–Crippen MR) is 66.2 cm³/mol. The third-order valence-corrected chi connectivity index (χ3v) is 2.45. The molecule has 0 aliphatic heterocycles. The number of nitrogens with two attached hydrogens (primary N) is 1. The molecule has 0 radical (unpaired) electrons. The molecule has 2 N–H and O–H groups in total. The SMILES string of the molecule is C#CCC(N)C(=O)c1ccc(CCC)cc1. The van der Waals surface area contributed by atoms with Crippen molar-refractivity contribution >= 4 is 5.78 Å². The van der Waals surface area contributed by atoms with Crippen molar-refractivity contribution in [3.63, 3.8) is 0 Å². The lowest BCUT2D eigenvalue weighted by Crippen LogP contribution is -2.29. The molecule has 0 aliphatic carbocycles. The van der Waals surface area contributed by atoms with E-state index in [4.69, 9.17) is 12.2 Å². The molecule has 84 valence electrons. The molecule has 1 atom stereocenters. The third-order valence-electron chi connectivity index (χ3n) is 2.45. The number of aryl methyl sites for hydroxylation is 1. The van der Waals surface area contributed by atoms with Gasteiger partial charge in [-0.1, -0.05) is 37.6 Å². The Morgan fingerprint density at radius 1 is 1.44 bits per heavy atom. The maximum Gasteiger partial charge on any atom is 0.180 e. The van der Waals surface area contributed by atoms with E-state index < -0.39 is 6.04 Å². The van der Waals surface area contributed by atoms with Crippen LogP contribution in [-0.4, -0.2) is 11.8 Å². The quantitative estimate of drug-likeness (QED) is 0.604. The topological polar surface area (TPSA) is 43.1 Å². The molecule has 0 saturated heterocycles. The smallest absolute Gasteiger partial charge is 0.180 e. The molecule has 0 aromatic heterocycles.